The SMILES string of the molecule is C#CN/C(=C\C(=C/C)OC1=CC([N+](=O)[O-])=C(NC)CC=C1)N(C)C(=O)CCC. The van der Waals surface area contributed by atoms with Crippen molar-refractivity contribution in [2.45, 2.75) is 33.1 Å². The Morgan fingerprint density at radius 2 is 2.25 bits per heavy atom. The fourth-order valence-electron chi connectivity index (χ4n) is 2.37. The van der Waals surface area contributed by atoms with E-state index in [-0.39, 0.29) is 11.6 Å². The normalized spacial score (nSPS) is 14.6. The van der Waals surface area contributed by atoms with Gasteiger partial charge in [-0.3, -0.25) is 14.9 Å². The highest BCUT2D eigenvalue weighted by Gasteiger charge is 2.19. The second-order valence-electron chi connectivity index (χ2n) is 5.82. The quantitative estimate of drug-likeness (QED) is 0.158. The molecule has 0 heterocycles. The molecule has 0 saturated carbocycles. The summed E-state index contributed by atoms with van der Waals surface area (Å²) in [6.45, 7) is 3.66. The lowest BCUT2D eigenvalue weighted by molar-refractivity contribution is -0.420. The molecule has 0 fully saturated rings. The maximum atomic E-state index is 12.2. The van der Waals surface area contributed by atoms with Crippen LogP contribution in [0, 0.1) is 22.6 Å². The minimum atomic E-state index is -0.462. The van der Waals surface area contributed by atoms with E-state index in [0.717, 1.165) is 0 Å². The lowest BCUT2D eigenvalue weighted by Crippen LogP contribution is -2.31. The molecule has 1 amide bonds. The molecule has 1 aliphatic carbocycles. The predicted octanol–water partition coefficient (Wildman–Crippen LogP) is 2.74. The van der Waals surface area contributed by atoms with Crippen molar-refractivity contribution in [3.63, 3.8) is 0 Å². The molecule has 8 nitrogen and oxygen atoms in total. The number of allylic oxidation sites excluding steroid dienone is 5. The molecule has 0 aromatic rings. The van der Waals surface area contributed by atoms with Crippen LogP contribution in [0.1, 0.15) is 33.1 Å². The number of nitrogens with one attached hydrogen (secondary N) is 2. The summed E-state index contributed by atoms with van der Waals surface area (Å²) in [5, 5.41) is 16.9. The molecule has 0 aromatic heterocycles. The van der Waals surface area contributed by atoms with E-state index in [4.69, 9.17) is 11.2 Å². The number of amides is 1. The van der Waals surface area contributed by atoms with Crippen molar-refractivity contribution in [2.75, 3.05) is 14.1 Å². The molecular formula is C20H26N4O4. The van der Waals surface area contributed by atoms with E-state index >= 15 is 0 Å². The lowest BCUT2D eigenvalue weighted by Gasteiger charge is -2.20. The first kappa shape index (κ1) is 22.6. The molecule has 0 bridgehead atoms. The molecule has 0 atom stereocenters. The number of terminal acetylenes is 1. The van der Waals surface area contributed by atoms with Crippen molar-refractivity contribution in [3.8, 4) is 12.5 Å². The Labute approximate surface area is 165 Å². The number of hydrogen-bond acceptors (Lipinski definition) is 6. The Hall–Kier alpha value is -3.47. The Balaban J connectivity index is 3.17. The van der Waals surface area contributed by atoms with Gasteiger partial charge in [0.05, 0.1) is 16.7 Å². The van der Waals surface area contributed by atoms with Gasteiger partial charge in [-0.2, -0.15) is 0 Å². The van der Waals surface area contributed by atoms with Gasteiger partial charge in [0.1, 0.15) is 17.3 Å². The first-order valence-electron chi connectivity index (χ1n) is 8.85. The maximum Gasteiger partial charge on any atom is 0.292 e. The summed E-state index contributed by atoms with van der Waals surface area (Å²) >= 11 is 0. The molecule has 28 heavy (non-hydrogen) atoms. The highest BCUT2D eigenvalue weighted by Crippen LogP contribution is 2.20. The van der Waals surface area contributed by atoms with Gasteiger partial charge in [-0.25, -0.2) is 0 Å². The maximum absolute atomic E-state index is 12.2. The number of hydrogen-bond donors (Lipinski definition) is 2. The average molecular weight is 386 g/mol. The van der Waals surface area contributed by atoms with Crippen molar-refractivity contribution in [1.29, 1.82) is 0 Å². The topological polar surface area (TPSA) is 96.7 Å². The van der Waals surface area contributed by atoms with Gasteiger partial charge in [0.15, 0.2) is 0 Å². The summed E-state index contributed by atoms with van der Waals surface area (Å²) in [5.74, 6) is 0.940. The van der Waals surface area contributed by atoms with Crippen molar-refractivity contribution in [3.05, 3.63) is 69.2 Å². The number of nitro groups is 1. The summed E-state index contributed by atoms with van der Waals surface area (Å²) < 4.78 is 5.81. The second kappa shape index (κ2) is 11.3. The number of carbonyl (C=O) groups excluding carboxylic acids is 1. The fraction of sp³-hybridized carbons (Fsp3) is 0.350. The molecule has 1 aliphatic rings. The molecule has 1 rings (SSSR count). The van der Waals surface area contributed by atoms with Crippen LogP contribution in [-0.4, -0.2) is 29.8 Å². The van der Waals surface area contributed by atoms with Gasteiger partial charge >= 0.3 is 0 Å². The van der Waals surface area contributed by atoms with Crippen LogP contribution in [0.25, 0.3) is 0 Å². The van der Waals surface area contributed by atoms with Crippen LogP contribution in [0.2, 0.25) is 0 Å². The molecule has 2 N–H and O–H groups in total. The molecule has 0 saturated heterocycles. The zero-order valence-corrected chi connectivity index (χ0v) is 16.6. The van der Waals surface area contributed by atoms with Crippen LogP contribution < -0.4 is 10.6 Å². The third-order valence-corrected chi connectivity index (χ3v) is 3.89. The van der Waals surface area contributed by atoms with Crippen molar-refractivity contribution >= 4 is 5.91 Å². The van der Waals surface area contributed by atoms with Gasteiger partial charge in [0.2, 0.25) is 5.91 Å². The van der Waals surface area contributed by atoms with Crippen LogP contribution in [0.4, 0.5) is 0 Å². The van der Waals surface area contributed by atoms with Gasteiger partial charge in [-0.1, -0.05) is 19.4 Å². The second-order valence-corrected chi connectivity index (χ2v) is 5.82. The molecule has 8 heteroatoms. The fourth-order valence-corrected chi connectivity index (χ4v) is 2.37. The summed E-state index contributed by atoms with van der Waals surface area (Å²) in [6.07, 6.45) is 14.8. The van der Waals surface area contributed by atoms with Gasteiger partial charge in [-0.05, 0) is 25.5 Å². The van der Waals surface area contributed by atoms with E-state index in [0.29, 0.717) is 42.3 Å². The summed E-state index contributed by atoms with van der Waals surface area (Å²) in [7, 11) is 3.24. The minimum absolute atomic E-state index is 0.0702. The van der Waals surface area contributed by atoms with Gasteiger partial charge < -0.3 is 20.3 Å². The van der Waals surface area contributed by atoms with Crippen LogP contribution in [0.5, 0.6) is 0 Å². The van der Waals surface area contributed by atoms with Gasteiger partial charge in [0, 0.05) is 39.1 Å². The van der Waals surface area contributed by atoms with Crippen LogP contribution >= 0.6 is 0 Å². The number of nitrogens with zero attached hydrogens (tertiary/aromatic N) is 2. The third-order valence-electron chi connectivity index (χ3n) is 3.89. The lowest BCUT2D eigenvalue weighted by atomic mass is 10.2. The van der Waals surface area contributed by atoms with Crippen LogP contribution in [0.15, 0.2) is 59.1 Å². The first-order chi connectivity index (χ1) is 13.4. The highest BCUT2D eigenvalue weighted by atomic mass is 16.6. The van der Waals surface area contributed by atoms with E-state index in [9.17, 15) is 14.9 Å². The molecule has 0 radical (unpaired) electrons. The molecule has 150 valence electrons. The van der Waals surface area contributed by atoms with Crippen LogP contribution in [0.3, 0.4) is 0 Å². The monoisotopic (exact) mass is 386 g/mol. The average Bonchev–Trinajstić information content (AvgIpc) is 2.88. The predicted molar refractivity (Wildman–Crippen MR) is 107 cm³/mol. The number of ether oxygens (including phenoxy) is 1. The van der Waals surface area contributed by atoms with E-state index in [1.807, 2.05) is 6.92 Å². The molecule has 0 spiro atoms. The van der Waals surface area contributed by atoms with Crippen LogP contribution in [-0.2, 0) is 9.53 Å². The summed E-state index contributed by atoms with van der Waals surface area (Å²) in [5.41, 5.74) is 0.413. The number of carbonyl (C=O) groups is 1. The van der Waals surface area contributed by atoms with E-state index < -0.39 is 4.92 Å². The molecule has 0 aliphatic heterocycles. The largest absolute Gasteiger partial charge is 0.457 e. The number of rotatable bonds is 9. The smallest absolute Gasteiger partial charge is 0.292 e. The summed E-state index contributed by atoms with van der Waals surface area (Å²) in [4.78, 5) is 24.4. The Morgan fingerprint density at radius 3 is 2.79 bits per heavy atom. The van der Waals surface area contributed by atoms with E-state index in [1.54, 1.807) is 45.3 Å². The molecule has 0 unspecified atom stereocenters. The summed E-state index contributed by atoms with van der Waals surface area (Å²) in [6, 6.07) is 2.30. The van der Waals surface area contributed by atoms with E-state index in [1.165, 1.54) is 11.0 Å². The minimum Gasteiger partial charge on any atom is -0.457 e. The zero-order valence-electron chi connectivity index (χ0n) is 16.6. The first-order valence-corrected chi connectivity index (χ1v) is 8.85. The Morgan fingerprint density at radius 1 is 1.54 bits per heavy atom. The zero-order chi connectivity index (χ0) is 21.1. The third kappa shape index (κ3) is 6.36. The van der Waals surface area contributed by atoms with Crippen molar-refractivity contribution in [2.24, 2.45) is 0 Å². The highest BCUT2D eigenvalue weighted by molar-refractivity contribution is 5.77. The van der Waals surface area contributed by atoms with Crippen molar-refractivity contribution < 1.29 is 14.5 Å². The standard InChI is InChI=1S/C20H26N4O4/c1-6-10-20(25)23(5)19(22-8-3)14-15(7-2)28-16-11-9-12-17(21-4)18(13-16)24(26)27/h3,7,9,11,13-14,21-22H,6,10,12H2,1-2,4-5H3/b15-7+,19-14+. The Kier molecular flexibility index (Phi) is 9.10. The van der Waals surface area contributed by atoms with E-state index in [2.05, 4.69) is 16.7 Å². The Bertz CT molecular complexity index is 798. The van der Waals surface area contributed by atoms with Gasteiger partial charge in [-0.15, -0.1) is 0 Å². The molecular weight excluding hydrogens is 360 g/mol. The van der Waals surface area contributed by atoms with Gasteiger partial charge in [0.25, 0.3) is 5.70 Å². The molecule has 0 aromatic carbocycles. The van der Waals surface area contributed by atoms with Crippen molar-refractivity contribution in [1.82, 2.24) is 15.5 Å².